The van der Waals surface area contributed by atoms with Gasteiger partial charge in [-0.15, -0.1) is 0 Å². The molecule has 0 bridgehead atoms. The number of esters is 1. The zero-order chi connectivity index (χ0) is 12.1. The number of carbonyl (C=O) groups is 2. The number of ketones is 1. The van der Waals surface area contributed by atoms with Crippen molar-refractivity contribution in [3.63, 3.8) is 0 Å². The molecule has 1 atom stereocenters. The van der Waals surface area contributed by atoms with Crippen LogP contribution in [0, 0.1) is 5.92 Å². The van der Waals surface area contributed by atoms with E-state index in [-0.39, 0.29) is 23.7 Å². The normalized spacial score (nSPS) is 20.4. The summed E-state index contributed by atoms with van der Waals surface area (Å²) >= 11 is 0. The van der Waals surface area contributed by atoms with Crippen LogP contribution in [0.1, 0.15) is 33.6 Å². The molecular weight excluding hydrogens is 206 g/mol. The summed E-state index contributed by atoms with van der Waals surface area (Å²) < 4.78 is 4.98. The number of rotatable bonds is 4. The Morgan fingerprint density at radius 1 is 1.38 bits per heavy atom. The summed E-state index contributed by atoms with van der Waals surface area (Å²) in [5.74, 6) is 0.290. The van der Waals surface area contributed by atoms with Crippen molar-refractivity contribution in [3.05, 3.63) is 0 Å². The fourth-order valence-corrected chi connectivity index (χ4v) is 2.11. The second-order valence-electron chi connectivity index (χ2n) is 4.35. The molecule has 0 aromatic rings. The molecule has 0 radical (unpaired) electrons. The van der Waals surface area contributed by atoms with Crippen LogP contribution in [0.15, 0.2) is 0 Å². The van der Waals surface area contributed by atoms with Gasteiger partial charge in [0.2, 0.25) is 0 Å². The van der Waals surface area contributed by atoms with E-state index in [0.29, 0.717) is 6.61 Å². The van der Waals surface area contributed by atoms with Crippen molar-refractivity contribution in [1.29, 1.82) is 0 Å². The number of carbonyl (C=O) groups excluding carboxylic acids is 2. The molecule has 92 valence electrons. The lowest BCUT2D eigenvalue weighted by molar-refractivity contribution is -0.149. The lowest BCUT2D eigenvalue weighted by Gasteiger charge is -2.33. The minimum Gasteiger partial charge on any atom is -0.465 e. The highest BCUT2D eigenvalue weighted by molar-refractivity contribution is 5.78. The van der Waals surface area contributed by atoms with E-state index in [1.165, 1.54) is 0 Å². The smallest absolute Gasteiger partial charge is 0.323 e. The fourth-order valence-electron chi connectivity index (χ4n) is 2.11. The van der Waals surface area contributed by atoms with Gasteiger partial charge in [-0.1, -0.05) is 0 Å². The van der Waals surface area contributed by atoms with E-state index < -0.39 is 0 Å². The number of likely N-dealkylation sites (tertiary alicyclic amines) is 1. The van der Waals surface area contributed by atoms with Gasteiger partial charge in [-0.2, -0.15) is 0 Å². The van der Waals surface area contributed by atoms with E-state index in [9.17, 15) is 9.59 Å². The van der Waals surface area contributed by atoms with E-state index in [1.54, 1.807) is 6.92 Å². The summed E-state index contributed by atoms with van der Waals surface area (Å²) in [6.45, 7) is 7.37. The molecule has 4 heteroatoms. The van der Waals surface area contributed by atoms with Gasteiger partial charge in [-0.3, -0.25) is 14.5 Å². The second kappa shape index (κ2) is 5.99. The van der Waals surface area contributed by atoms with Crippen LogP contribution in [-0.4, -0.2) is 42.4 Å². The lowest BCUT2D eigenvalue weighted by atomic mass is 9.93. The van der Waals surface area contributed by atoms with E-state index in [1.807, 2.05) is 13.8 Å². The van der Waals surface area contributed by atoms with E-state index in [4.69, 9.17) is 4.74 Å². The Bertz CT molecular complexity index is 257. The minimum atomic E-state index is -0.187. The molecule has 1 unspecified atom stereocenters. The zero-order valence-corrected chi connectivity index (χ0v) is 10.4. The van der Waals surface area contributed by atoms with Gasteiger partial charge >= 0.3 is 5.97 Å². The maximum absolute atomic E-state index is 11.5. The Morgan fingerprint density at radius 3 is 2.38 bits per heavy atom. The zero-order valence-electron chi connectivity index (χ0n) is 10.4. The molecule has 0 N–H and O–H groups in total. The molecule has 1 saturated heterocycles. The first-order valence-electron chi connectivity index (χ1n) is 5.97. The van der Waals surface area contributed by atoms with Crippen LogP contribution >= 0.6 is 0 Å². The van der Waals surface area contributed by atoms with Gasteiger partial charge in [0, 0.05) is 5.92 Å². The van der Waals surface area contributed by atoms with Crippen molar-refractivity contribution < 1.29 is 14.3 Å². The van der Waals surface area contributed by atoms with Gasteiger partial charge in [-0.25, -0.2) is 0 Å². The molecule has 0 aliphatic carbocycles. The first kappa shape index (κ1) is 13.2. The molecule has 0 aromatic carbocycles. The van der Waals surface area contributed by atoms with Crippen LogP contribution < -0.4 is 0 Å². The second-order valence-corrected chi connectivity index (χ2v) is 4.35. The number of nitrogens with zero attached hydrogens (tertiary/aromatic N) is 1. The minimum absolute atomic E-state index is 0.163. The highest BCUT2D eigenvalue weighted by Crippen LogP contribution is 2.19. The van der Waals surface area contributed by atoms with Gasteiger partial charge in [0.1, 0.15) is 11.8 Å². The number of hydrogen-bond acceptors (Lipinski definition) is 4. The lowest BCUT2D eigenvalue weighted by Crippen LogP contribution is -2.45. The summed E-state index contributed by atoms with van der Waals surface area (Å²) in [6, 6.07) is -0.187. The molecule has 1 aliphatic rings. The summed E-state index contributed by atoms with van der Waals surface area (Å²) in [5, 5.41) is 0. The van der Waals surface area contributed by atoms with Gasteiger partial charge in [-0.05, 0) is 46.7 Å². The molecule has 1 fully saturated rings. The average molecular weight is 227 g/mol. The molecule has 0 aromatic heterocycles. The van der Waals surface area contributed by atoms with Crippen molar-refractivity contribution >= 4 is 11.8 Å². The predicted octanol–water partition coefficient (Wildman–Crippen LogP) is 1.24. The van der Waals surface area contributed by atoms with Gasteiger partial charge < -0.3 is 4.74 Å². The quantitative estimate of drug-likeness (QED) is 0.678. The standard InChI is InChI=1S/C12H21NO3/c1-4-16-12(15)9(2)13-7-5-11(6-8-13)10(3)14/h9,11H,4-8H2,1-3H3. The summed E-state index contributed by atoms with van der Waals surface area (Å²) in [6.07, 6.45) is 1.72. The third-order valence-electron chi connectivity index (χ3n) is 3.28. The fraction of sp³-hybridized carbons (Fsp3) is 0.833. The van der Waals surface area contributed by atoms with Gasteiger partial charge in [0.05, 0.1) is 6.61 Å². The van der Waals surface area contributed by atoms with Gasteiger partial charge in [0.15, 0.2) is 0 Å². The van der Waals surface area contributed by atoms with Crippen LogP contribution in [0.2, 0.25) is 0 Å². The van der Waals surface area contributed by atoms with Crippen molar-refractivity contribution in [3.8, 4) is 0 Å². The molecular formula is C12H21NO3. The number of ether oxygens (including phenoxy) is 1. The van der Waals surface area contributed by atoms with Crippen LogP contribution in [-0.2, 0) is 14.3 Å². The third-order valence-corrected chi connectivity index (χ3v) is 3.28. The Hall–Kier alpha value is -0.900. The number of hydrogen-bond donors (Lipinski definition) is 0. The Balaban J connectivity index is 2.41. The number of piperidine rings is 1. The Morgan fingerprint density at radius 2 is 1.94 bits per heavy atom. The molecule has 4 nitrogen and oxygen atoms in total. The Kier molecular flexibility index (Phi) is 4.93. The first-order valence-corrected chi connectivity index (χ1v) is 5.97. The SMILES string of the molecule is CCOC(=O)C(C)N1CCC(C(C)=O)CC1. The topological polar surface area (TPSA) is 46.6 Å². The predicted molar refractivity (Wildman–Crippen MR) is 61.1 cm³/mol. The molecule has 0 saturated carbocycles. The maximum Gasteiger partial charge on any atom is 0.323 e. The molecule has 1 heterocycles. The largest absolute Gasteiger partial charge is 0.465 e. The summed E-state index contributed by atoms with van der Waals surface area (Å²) in [4.78, 5) is 24.8. The van der Waals surface area contributed by atoms with E-state index >= 15 is 0 Å². The van der Waals surface area contributed by atoms with Crippen molar-refractivity contribution in [2.45, 2.75) is 39.7 Å². The highest BCUT2D eigenvalue weighted by atomic mass is 16.5. The van der Waals surface area contributed by atoms with Crippen molar-refractivity contribution in [2.24, 2.45) is 5.92 Å². The molecule has 0 amide bonds. The van der Waals surface area contributed by atoms with Crippen molar-refractivity contribution in [1.82, 2.24) is 4.90 Å². The maximum atomic E-state index is 11.5. The third kappa shape index (κ3) is 3.30. The van der Waals surface area contributed by atoms with Gasteiger partial charge in [0.25, 0.3) is 0 Å². The highest BCUT2D eigenvalue weighted by Gasteiger charge is 2.28. The summed E-state index contributed by atoms with van der Waals surface area (Å²) in [5.41, 5.74) is 0. The van der Waals surface area contributed by atoms with E-state index in [2.05, 4.69) is 4.90 Å². The van der Waals surface area contributed by atoms with Crippen molar-refractivity contribution in [2.75, 3.05) is 19.7 Å². The molecule has 16 heavy (non-hydrogen) atoms. The Labute approximate surface area is 96.9 Å². The van der Waals surface area contributed by atoms with E-state index in [0.717, 1.165) is 25.9 Å². The van der Waals surface area contributed by atoms with Crippen LogP contribution in [0.4, 0.5) is 0 Å². The molecule has 0 spiro atoms. The summed E-state index contributed by atoms with van der Waals surface area (Å²) in [7, 11) is 0. The molecule has 1 aliphatic heterocycles. The molecule has 1 rings (SSSR count). The van der Waals surface area contributed by atoms with Crippen LogP contribution in [0.25, 0.3) is 0 Å². The monoisotopic (exact) mass is 227 g/mol. The first-order chi connectivity index (χ1) is 7.56. The number of Topliss-reactive ketones (excluding diaryl/α,β-unsaturated/α-hetero) is 1. The van der Waals surface area contributed by atoms with Crippen LogP contribution in [0.5, 0.6) is 0 Å². The average Bonchev–Trinajstić information content (AvgIpc) is 2.28. The van der Waals surface area contributed by atoms with Crippen LogP contribution in [0.3, 0.4) is 0 Å².